The van der Waals surface area contributed by atoms with Crippen LogP contribution in [0.2, 0.25) is 5.02 Å². The second-order valence-electron chi connectivity index (χ2n) is 4.19. The second-order valence-corrected chi connectivity index (χ2v) is 4.60. The quantitative estimate of drug-likeness (QED) is 0.823. The first kappa shape index (κ1) is 11.9. The maximum absolute atomic E-state index is 11.6. The van der Waals surface area contributed by atoms with Crippen LogP contribution in [-0.4, -0.2) is 26.8 Å². The van der Waals surface area contributed by atoms with E-state index in [1.807, 2.05) is 18.2 Å². The molecule has 0 aliphatic carbocycles. The first-order valence-electron chi connectivity index (χ1n) is 5.65. The van der Waals surface area contributed by atoms with Crippen LogP contribution in [0.25, 0.3) is 0 Å². The van der Waals surface area contributed by atoms with Crippen LogP contribution in [0.5, 0.6) is 0 Å². The number of carbonyl (C=O) groups excluding carboxylic acids is 2. The Morgan fingerprint density at radius 2 is 2.11 bits per heavy atom. The summed E-state index contributed by atoms with van der Waals surface area (Å²) in [4.78, 5) is 22.9. The third-order valence-corrected chi connectivity index (χ3v) is 3.28. The fourth-order valence-corrected chi connectivity index (χ4v) is 2.18. The number of fused-ring (bicyclic) bond motifs is 1. The molecule has 96 valence electrons. The van der Waals surface area contributed by atoms with Gasteiger partial charge in [0.05, 0.1) is 18.7 Å². The standard InChI is InChI=1S/C12H9ClN4O2/c13-8-4-2-1-3-7(8)6-17-9-5-10(18)14-12(19)11(9)15-16-17/h1-4H,5-6H2,(H,14,18,19). The number of imide groups is 1. The van der Waals surface area contributed by atoms with E-state index in [4.69, 9.17) is 11.6 Å². The van der Waals surface area contributed by atoms with E-state index < -0.39 is 5.91 Å². The lowest BCUT2D eigenvalue weighted by atomic mass is 10.1. The Kier molecular flexibility index (Phi) is 2.79. The van der Waals surface area contributed by atoms with Crippen LogP contribution in [0, 0.1) is 0 Å². The van der Waals surface area contributed by atoms with Crippen LogP contribution in [0.3, 0.4) is 0 Å². The van der Waals surface area contributed by atoms with Gasteiger partial charge < -0.3 is 0 Å². The molecule has 6 nitrogen and oxygen atoms in total. The molecule has 2 amide bonds. The van der Waals surface area contributed by atoms with Gasteiger partial charge in [0.15, 0.2) is 5.69 Å². The van der Waals surface area contributed by atoms with Crippen molar-refractivity contribution in [1.29, 1.82) is 0 Å². The number of hydrogen-bond acceptors (Lipinski definition) is 4. The molecular weight excluding hydrogens is 268 g/mol. The summed E-state index contributed by atoms with van der Waals surface area (Å²) in [5.41, 5.74) is 1.58. The first-order chi connectivity index (χ1) is 9.15. The monoisotopic (exact) mass is 276 g/mol. The molecule has 1 aromatic carbocycles. The highest BCUT2D eigenvalue weighted by molar-refractivity contribution is 6.31. The molecule has 0 saturated carbocycles. The summed E-state index contributed by atoms with van der Waals surface area (Å²) in [6.07, 6.45) is 0.0958. The third-order valence-electron chi connectivity index (χ3n) is 2.91. The van der Waals surface area contributed by atoms with Crippen LogP contribution in [-0.2, 0) is 17.8 Å². The Balaban J connectivity index is 1.98. The van der Waals surface area contributed by atoms with E-state index in [-0.39, 0.29) is 18.0 Å². The summed E-state index contributed by atoms with van der Waals surface area (Å²) in [6, 6.07) is 7.33. The molecule has 1 aliphatic heterocycles. The molecule has 2 aromatic rings. The molecule has 1 aliphatic rings. The average Bonchev–Trinajstić information content (AvgIpc) is 2.76. The smallest absolute Gasteiger partial charge is 0.280 e. The van der Waals surface area contributed by atoms with Gasteiger partial charge in [0, 0.05) is 5.02 Å². The van der Waals surface area contributed by atoms with Crippen LogP contribution in [0.4, 0.5) is 0 Å². The van der Waals surface area contributed by atoms with Gasteiger partial charge in [-0.3, -0.25) is 14.9 Å². The predicted molar refractivity (Wildman–Crippen MR) is 66.8 cm³/mol. The highest BCUT2D eigenvalue weighted by Gasteiger charge is 2.28. The molecule has 1 aromatic heterocycles. The van der Waals surface area contributed by atoms with Crippen molar-refractivity contribution in [3.63, 3.8) is 0 Å². The van der Waals surface area contributed by atoms with Crippen molar-refractivity contribution >= 4 is 23.4 Å². The van der Waals surface area contributed by atoms with Crippen molar-refractivity contribution in [3.05, 3.63) is 46.2 Å². The van der Waals surface area contributed by atoms with Crippen molar-refractivity contribution in [2.24, 2.45) is 0 Å². The summed E-state index contributed by atoms with van der Waals surface area (Å²) >= 11 is 6.07. The van der Waals surface area contributed by atoms with Gasteiger partial charge in [-0.2, -0.15) is 0 Å². The number of nitrogens with zero attached hydrogens (tertiary/aromatic N) is 3. The summed E-state index contributed by atoms with van der Waals surface area (Å²) in [6.45, 7) is 0.378. The molecular formula is C12H9ClN4O2. The van der Waals surface area contributed by atoms with E-state index >= 15 is 0 Å². The van der Waals surface area contributed by atoms with Gasteiger partial charge in [-0.1, -0.05) is 35.0 Å². The van der Waals surface area contributed by atoms with Gasteiger partial charge >= 0.3 is 0 Å². The minimum absolute atomic E-state index is 0.0958. The lowest BCUT2D eigenvalue weighted by Gasteiger charge is -2.12. The van der Waals surface area contributed by atoms with Gasteiger partial charge in [-0.25, -0.2) is 4.68 Å². The van der Waals surface area contributed by atoms with Crippen molar-refractivity contribution in [2.45, 2.75) is 13.0 Å². The molecule has 0 spiro atoms. The molecule has 1 N–H and O–H groups in total. The maximum atomic E-state index is 11.6. The average molecular weight is 277 g/mol. The second kappa shape index (κ2) is 4.47. The summed E-state index contributed by atoms with van der Waals surface area (Å²) < 4.78 is 1.53. The first-order valence-corrected chi connectivity index (χ1v) is 6.03. The zero-order valence-corrected chi connectivity index (χ0v) is 10.5. The van der Waals surface area contributed by atoms with Gasteiger partial charge in [0.2, 0.25) is 5.91 Å². The number of amides is 2. The molecule has 0 atom stereocenters. The Morgan fingerprint density at radius 1 is 1.32 bits per heavy atom. The van der Waals surface area contributed by atoms with Crippen molar-refractivity contribution < 1.29 is 9.59 Å². The minimum Gasteiger partial charge on any atom is -0.291 e. The molecule has 3 rings (SSSR count). The molecule has 2 heterocycles. The van der Waals surface area contributed by atoms with Gasteiger partial charge in [0.25, 0.3) is 5.91 Å². The molecule has 0 radical (unpaired) electrons. The number of aromatic nitrogens is 3. The fourth-order valence-electron chi connectivity index (χ4n) is 1.98. The zero-order valence-electron chi connectivity index (χ0n) is 9.76. The minimum atomic E-state index is -0.503. The predicted octanol–water partition coefficient (Wildman–Crippen LogP) is 0.792. The van der Waals surface area contributed by atoms with Gasteiger partial charge in [0.1, 0.15) is 0 Å². The lowest BCUT2D eigenvalue weighted by Crippen LogP contribution is -2.38. The maximum Gasteiger partial charge on any atom is 0.280 e. The van der Waals surface area contributed by atoms with E-state index in [0.29, 0.717) is 17.3 Å². The number of rotatable bonds is 2. The molecule has 0 unspecified atom stereocenters. The Bertz CT molecular complexity index is 680. The largest absolute Gasteiger partial charge is 0.291 e. The van der Waals surface area contributed by atoms with E-state index in [2.05, 4.69) is 15.6 Å². The van der Waals surface area contributed by atoms with Crippen LogP contribution >= 0.6 is 11.6 Å². The normalized spacial score (nSPS) is 14.2. The van der Waals surface area contributed by atoms with Crippen molar-refractivity contribution in [3.8, 4) is 0 Å². The molecule has 0 bridgehead atoms. The Labute approximate surface area is 113 Å². The third kappa shape index (κ3) is 2.10. The van der Waals surface area contributed by atoms with Crippen molar-refractivity contribution in [2.75, 3.05) is 0 Å². The van der Waals surface area contributed by atoms with Crippen LogP contribution in [0.1, 0.15) is 21.7 Å². The highest BCUT2D eigenvalue weighted by atomic mass is 35.5. The topological polar surface area (TPSA) is 76.9 Å². The molecule has 7 heteroatoms. The van der Waals surface area contributed by atoms with E-state index in [9.17, 15) is 9.59 Å². The van der Waals surface area contributed by atoms with E-state index in [1.165, 1.54) is 4.68 Å². The SMILES string of the molecule is O=C1Cc2c(nnn2Cc2ccccc2Cl)C(=O)N1. The number of halogens is 1. The number of carbonyl (C=O) groups is 2. The summed E-state index contributed by atoms with van der Waals surface area (Å²) in [7, 11) is 0. The molecule has 0 saturated heterocycles. The van der Waals surface area contributed by atoms with Crippen LogP contribution < -0.4 is 5.32 Å². The number of hydrogen-bond donors (Lipinski definition) is 1. The van der Waals surface area contributed by atoms with E-state index in [1.54, 1.807) is 6.07 Å². The molecule has 0 fully saturated rings. The molecule has 19 heavy (non-hydrogen) atoms. The Hall–Kier alpha value is -2.21. The zero-order chi connectivity index (χ0) is 13.4. The van der Waals surface area contributed by atoms with Gasteiger partial charge in [-0.05, 0) is 11.6 Å². The Morgan fingerprint density at radius 3 is 2.89 bits per heavy atom. The number of nitrogens with one attached hydrogen (secondary N) is 1. The highest BCUT2D eigenvalue weighted by Crippen LogP contribution is 2.18. The van der Waals surface area contributed by atoms with E-state index in [0.717, 1.165) is 5.56 Å². The fraction of sp³-hybridized carbons (Fsp3) is 0.167. The van der Waals surface area contributed by atoms with Crippen molar-refractivity contribution in [1.82, 2.24) is 20.3 Å². The number of benzene rings is 1. The summed E-state index contributed by atoms with van der Waals surface area (Å²) in [5.74, 6) is -0.850. The lowest BCUT2D eigenvalue weighted by molar-refractivity contribution is -0.119. The van der Waals surface area contributed by atoms with Crippen LogP contribution in [0.15, 0.2) is 24.3 Å². The van der Waals surface area contributed by atoms with Gasteiger partial charge in [-0.15, -0.1) is 5.10 Å². The summed E-state index contributed by atoms with van der Waals surface area (Å²) in [5, 5.41) is 10.5.